The van der Waals surface area contributed by atoms with Crippen molar-refractivity contribution < 1.29 is 40.2 Å². The molecule has 1 heterocycles. The molecule has 1 aliphatic heterocycles. The molecular weight excluding hydrogens is 642 g/mol. The first-order valence-corrected chi connectivity index (χ1v) is 17.0. The zero-order valence-corrected chi connectivity index (χ0v) is 28.9. The van der Waals surface area contributed by atoms with Gasteiger partial charge in [0.2, 0.25) is 0 Å². The van der Waals surface area contributed by atoms with Crippen molar-refractivity contribution in [2.75, 3.05) is 59.1 Å². The van der Waals surface area contributed by atoms with Crippen LogP contribution in [-0.4, -0.2) is 129 Å². The highest BCUT2D eigenvalue weighted by Gasteiger charge is 2.23. The summed E-state index contributed by atoms with van der Waals surface area (Å²) in [5.74, 6) is -1.61. The third-order valence-electron chi connectivity index (χ3n) is 8.85. The van der Waals surface area contributed by atoms with Crippen molar-refractivity contribution >= 4 is 11.8 Å². The Bertz CT molecular complexity index is 1570. The van der Waals surface area contributed by atoms with Crippen LogP contribution in [0.15, 0.2) is 54.6 Å². The lowest BCUT2D eigenvalue weighted by Gasteiger charge is -2.33. The van der Waals surface area contributed by atoms with Crippen molar-refractivity contribution in [2.45, 2.75) is 52.2 Å². The van der Waals surface area contributed by atoms with Crippen LogP contribution in [0.2, 0.25) is 0 Å². The van der Waals surface area contributed by atoms with E-state index in [1.54, 1.807) is 12.1 Å². The molecular formula is C37H51N5O8. The van der Waals surface area contributed by atoms with E-state index in [2.05, 4.69) is 37.5 Å². The molecule has 1 saturated heterocycles. The minimum absolute atomic E-state index is 0.0169. The molecule has 1 aliphatic rings. The third kappa shape index (κ3) is 11.0. The van der Waals surface area contributed by atoms with Gasteiger partial charge in [0.25, 0.3) is 11.8 Å². The van der Waals surface area contributed by atoms with E-state index < -0.39 is 43.9 Å². The molecule has 0 spiro atoms. The zero-order valence-electron chi connectivity index (χ0n) is 28.9. The van der Waals surface area contributed by atoms with Crippen molar-refractivity contribution in [1.82, 2.24) is 25.3 Å². The Kier molecular flexibility index (Phi) is 14.5. The van der Waals surface area contributed by atoms with Crippen molar-refractivity contribution in [1.29, 1.82) is 0 Å². The maximum atomic E-state index is 13.0. The van der Waals surface area contributed by atoms with Crippen LogP contribution in [-0.2, 0) is 19.6 Å². The van der Waals surface area contributed by atoms with Gasteiger partial charge in [0.15, 0.2) is 0 Å². The summed E-state index contributed by atoms with van der Waals surface area (Å²) in [5.41, 5.74) is 3.97. The van der Waals surface area contributed by atoms with Crippen LogP contribution in [0.1, 0.15) is 55.0 Å². The summed E-state index contributed by atoms with van der Waals surface area (Å²) in [6, 6.07) is 16.2. The van der Waals surface area contributed by atoms with Crippen LogP contribution in [0.25, 0.3) is 0 Å². The zero-order chi connectivity index (χ0) is 36.2. The number of benzene rings is 3. The van der Waals surface area contributed by atoms with Gasteiger partial charge in [0.1, 0.15) is 17.7 Å². The second-order valence-electron chi connectivity index (χ2n) is 13.0. The average molecular weight is 694 g/mol. The summed E-state index contributed by atoms with van der Waals surface area (Å²) in [4.78, 5) is 32.6. The lowest BCUT2D eigenvalue weighted by Crippen LogP contribution is -2.42. The van der Waals surface area contributed by atoms with Crippen molar-refractivity contribution in [3.05, 3.63) is 93.5 Å². The van der Waals surface area contributed by atoms with Gasteiger partial charge in [-0.15, -0.1) is 0 Å². The van der Waals surface area contributed by atoms with E-state index in [-0.39, 0.29) is 22.6 Å². The summed E-state index contributed by atoms with van der Waals surface area (Å²) in [5, 5.41) is 65.0. The van der Waals surface area contributed by atoms with Crippen LogP contribution >= 0.6 is 0 Å². The van der Waals surface area contributed by atoms with Gasteiger partial charge in [-0.1, -0.05) is 42.5 Å². The molecule has 13 heteroatoms. The number of nitrogens with zero attached hydrogens (tertiary/aromatic N) is 3. The monoisotopic (exact) mass is 693 g/mol. The van der Waals surface area contributed by atoms with Crippen LogP contribution in [0.3, 0.4) is 0 Å². The molecule has 2 amide bonds. The molecule has 3 aromatic rings. The summed E-state index contributed by atoms with van der Waals surface area (Å²) >= 11 is 0. The molecule has 272 valence electrons. The number of carbonyl (C=O) groups excluding carboxylic acids is 2. The van der Waals surface area contributed by atoms with Gasteiger partial charge < -0.3 is 41.3 Å². The fourth-order valence-corrected chi connectivity index (χ4v) is 6.20. The number of hydrogen-bond donors (Lipinski definition) is 8. The molecule has 13 nitrogen and oxygen atoms in total. The van der Waals surface area contributed by atoms with Crippen LogP contribution in [0, 0.1) is 13.8 Å². The lowest BCUT2D eigenvalue weighted by molar-refractivity contribution is 0.0546. The molecule has 0 saturated carbocycles. The van der Waals surface area contributed by atoms with Gasteiger partial charge in [-0.25, -0.2) is 0 Å². The molecule has 0 bridgehead atoms. The SMILES string of the molecule is Cc1cc(CN2CCCN(Cc3ccccc3)CCN(Cc3cc(C)cc(C(=O)NC(CO)CO)c3O)CC2)c(O)c(C(=O)NC(O)CO)c1. The molecule has 1 unspecified atom stereocenters. The maximum absolute atomic E-state index is 13.0. The molecule has 4 rings (SSSR count). The van der Waals surface area contributed by atoms with E-state index in [9.17, 15) is 35.1 Å². The van der Waals surface area contributed by atoms with E-state index in [1.807, 2.05) is 44.2 Å². The van der Waals surface area contributed by atoms with Gasteiger partial charge >= 0.3 is 0 Å². The first-order chi connectivity index (χ1) is 24.0. The molecule has 0 aliphatic carbocycles. The molecule has 3 aromatic carbocycles. The van der Waals surface area contributed by atoms with E-state index in [1.165, 1.54) is 5.56 Å². The van der Waals surface area contributed by atoms with E-state index in [0.717, 1.165) is 37.2 Å². The topological polar surface area (TPSA) is 189 Å². The minimum atomic E-state index is -1.45. The van der Waals surface area contributed by atoms with E-state index >= 15 is 0 Å². The normalized spacial score (nSPS) is 15.9. The Morgan fingerprint density at radius 1 is 0.660 bits per heavy atom. The first-order valence-electron chi connectivity index (χ1n) is 17.0. The average Bonchev–Trinajstić information content (AvgIpc) is 3.10. The Balaban J connectivity index is 1.59. The number of phenols is 2. The Morgan fingerprint density at radius 3 is 1.60 bits per heavy atom. The fourth-order valence-electron chi connectivity index (χ4n) is 6.20. The second kappa shape index (κ2) is 18.8. The van der Waals surface area contributed by atoms with Crippen LogP contribution in [0.5, 0.6) is 11.5 Å². The van der Waals surface area contributed by atoms with Gasteiger partial charge in [-0.3, -0.25) is 24.3 Å². The predicted octanol–water partition coefficient (Wildman–Crippen LogP) is 1.05. The molecule has 50 heavy (non-hydrogen) atoms. The number of phenolic OH excluding ortho intramolecular Hbond substituents is 2. The number of aliphatic hydroxyl groups is 4. The molecule has 8 N–H and O–H groups in total. The highest BCUT2D eigenvalue weighted by atomic mass is 16.3. The number of nitrogens with one attached hydrogen (secondary N) is 2. The summed E-state index contributed by atoms with van der Waals surface area (Å²) in [7, 11) is 0. The summed E-state index contributed by atoms with van der Waals surface area (Å²) < 4.78 is 0. The van der Waals surface area contributed by atoms with Crippen molar-refractivity contribution in [3.63, 3.8) is 0 Å². The summed E-state index contributed by atoms with van der Waals surface area (Å²) in [6.45, 7) is 7.84. The Hall–Kier alpha value is -4.08. The number of carbonyl (C=O) groups is 2. The first kappa shape index (κ1) is 38.7. The predicted molar refractivity (Wildman–Crippen MR) is 189 cm³/mol. The highest BCUT2D eigenvalue weighted by Crippen LogP contribution is 2.28. The van der Waals surface area contributed by atoms with E-state index in [0.29, 0.717) is 50.4 Å². The minimum Gasteiger partial charge on any atom is -0.507 e. The second-order valence-corrected chi connectivity index (χ2v) is 13.0. The number of aromatic hydroxyl groups is 2. The molecule has 0 aromatic heterocycles. The molecule has 1 fully saturated rings. The van der Waals surface area contributed by atoms with Gasteiger partial charge in [-0.05, 0) is 62.2 Å². The number of hydrogen-bond acceptors (Lipinski definition) is 11. The number of rotatable bonds is 13. The largest absolute Gasteiger partial charge is 0.507 e. The molecule has 0 radical (unpaired) electrons. The smallest absolute Gasteiger partial charge is 0.257 e. The van der Waals surface area contributed by atoms with E-state index in [4.69, 9.17) is 5.11 Å². The Labute approximate surface area is 293 Å². The van der Waals surface area contributed by atoms with Crippen LogP contribution in [0.4, 0.5) is 0 Å². The number of aryl methyl sites for hydroxylation is 2. The lowest BCUT2D eigenvalue weighted by atomic mass is 10.0. The third-order valence-corrected chi connectivity index (χ3v) is 8.85. The van der Waals surface area contributed by atoms with Gasteiger partial charge in [0, 0.05) is 56.9 Å². The summed E-state index contributed by atoms with van der Waals surface area (Å²) in [6.07, 6.45) is -0.580. The van der Waals surface area contributed by atoms with Gasteiger partial charge in [0.05, 0.1) is 37.0 Å². The van der Waals surface area contributed by atoms with Gasteiger partial charge in [-0.2, -0.15) is 0 Å². The maximum Gasteiger partial charge on any atom is 0.257 e. The highest BCUT2D eigenvalue weighted by molar-refractivity contribution is 5.98. The molecule has 1 atom stereocenters. The fraction of sp³-hybridized carbons (Fsp3) is 0.459. The van der Waals surface area contributed by atoms with Crippen molar-refractivity contribution in [2.24, 2.45) is 0 Å². The number of aliphatic hydroxyl groups excluding tert-OH is 4. The number of amides is 2. The Morgan fingerprint density at radius 2 is 1.12 bits per heavy atom. The van der Waals surface area contributed by atoms with Crippen LogP contribution < -0.4 is 10.6 Å². The van der Waals surface area contributed by atoms with Crippen molar-refractivity contribution in [3.8, 4) is 11.5 Å². The quantitative estimate of drug-likeness (QED) is 0.120. The standard InChI is InChI=1S/C37H51N5O8/c1-25-16-29(34(47)31(17-25)36(49)38-30(22-43)23-44)21-42-13-11-40(19-27-7-4-3-5-8-27)9-6-10-41(12-14-42)20-28-15-26(2)18-32(35(28)48)37(50)39-33(46)24-45/h3-5,7-8,15-18,30,33,43-48H,6,9-14,19-24H2,1-2H3,(H,38,49)(H,39,50).